The molecule has 2 bridgehead atoms. The first kappa shape index (κ1) is 13.0. The SMILES string of the molecule is COc1cc2c(cc1OC)[C@H]1N(CC2)C[C@H]2C[C@@H]3C=C[C@@]21O3. The molecule has 1 aromatic carbocycles. The average Bonchev–Trinajstić information content (AvgIpc) is 3.20. The first-order valence-electron chi connectivity index (χ1n) is 8.11. The van der Waals surface area contributed by atoms with E-state index >= 15 is 0 Å². The van der Waals surface area contributed by atoms with Gasteiger partial charge in [-0.25, -0.2) is 0 Å². The fourth-order valence-electron chi connectivity index (χ4n) is 5.02. The number of hydrogen-bond donors (Lipinski definition) is 0. The van der Waals surface area contributed by atoms with E-state index in [4.69, 9.17) is 14.2 Å². The molecule has 0 unspecified atom stereocenters. The van der Waals surface area contributed by atoms with Gasteiger partial charge in [0.25, 0.3) is 0 Å². The Morgan fingerprint density at radius 3 is 2.82 bits per heavy atom. The van der Waals surface area contributed by atoms with Gasteiger partial charge in [-0.1, -0.05) is 12.2 Å². The van der Waals surface area contributed by atoms with Crippen molar-refractivity contribution in [3.63, 3.8) is 0 Å². The van der Waals surface area contributed by atoms with E-state index in [1.165, 1.54) is 17.5 Å². The van der Waals surface area contributed by atoms with Crippen molar-refractivity contribution in [3.05, 3.63) is 35.4 Å². The van der Waals surface area contributed by atoms with Gasteiger partial charge in [-0.05, 0) is 36.1 Å². The highest BCUT2D eigenvalue weighted by molar-refractivity contribution is 5.52. The Morgan fingerprint density at radius 2 is 2.05 bits per heavy atom. The average molecular weight is 299 g/mol. The molecule has 4 heteroatoms. The minimum Gasteiger partial charge on any atom is -0.493 e. The molecule has 0 N–H and O–H groups in total. The third kappa shape index (κ3) is 1.45. The molecule has 0 amide bonds. The third-order valence-corrected chi connectivity index (χ3v) is 5.94. The molecule has 0 aliphatic carbocycles. The maximum absolute atomic E-state index is 6.42. The predicted molar refractivity (Wildman–Crippen MR) is 82.4 cm³/mol. The largest absolute Gasteiger partial charge is 0.493 e. The van der Waals surface area contributed by atoms with Crippen molar-refractivity contribution in [1.82, 2.24) is 4.90 Å². The summed E-state index contributed by atoms with van der Waals surface area (Å²) in [6, 6.07) is 4.65. The van der Waals surface area contributed by atoms with Gasteiger partial charge in [-0.15, -0.1) is 0 Å². The molecule has 0 saturated carbocycles. The zero-order chi connectivity index (χ0) is 14.9. The van der Waals surface area contributed by atoms with E-state index in [-0.39, 0.29) is 5.60 Å². The highest BCUT2D eigenvalue weighted by Gasteiger charge is 2.62. The molecule has 1 spiro atoms. The van der Waals surface area contributed by atoms with Crippen LogP contribution in [0, 0.1) is 5.92 Å². The summed E-state index contributed by atoms with van der Waals surface area (Å²) in [5.74, 6) is 2.28. The second kappa shape index (κ2) is 4.27. The van der Waals surface area contributed by atoms with Crippen LogP contribution in [0.5, 0.6) is 11.5 Å². The Morgan fingerprint density at radius 1 is 1.23 bits per heavy atom. The van der Waals surface area contributed by atoms with Crippen molar-refractivity contribution in [1.29, 1.82) is 0 Å². The maximum Gasteiger partial charge on any atom is 0.161 e. The smallest absolute Gasteiger partial charge is 0.161 e. The van der Waals surface area contributed by atoms with Gasteiger partial charge >= 0.3 is 0 Å². The zero-order valence-electron chi connectivity index (χ0n) is 13.0. The molecule has 2 saturated heterocycles. The van der Waals surface area contributed by atoms with Gasteiger partial charge < -0.3 is 14.2 Å². The lowest BCUT2D eigenvalue weighted by Gasteiger charge is -2.38. The molecule has 4 heterocycles. The Bertz CT molecular complexity index is 671. The first-order valence-corrected chi connectivity index (χ1v) is 8.11. The zero-order valence-corrected chi connectivity index (χ0v) is 13.0. The first-order chi connectivity index (χ1) is 10.7. The topological polar surface area (TPSA) is 30.9 Å². The molecule has 1 aromatic rings. The molecule has 4 aliphatic rings. The Labute approximate surface area is 130 Å². The third-order valence-electron chi connectivity index (χ3n) is 5.94. The summed E-state index contributed by atoms with van der Waals surface area (Å²) >= 11 is 0. The molecule has 0 radical (unpaired) electrons. The quantitative estimate of drug-likeness (QED) is 0.784. The summed E-state index contributed by atoms with van der Waals surface area (Å²) in [5, 5.41) is 0. The van der Waals surface area contributed by atoms with Crippen molar-refractivity contribution >= 4 is 0 Å². The second-order valence-electron chi connectivity index (χ2n) is 6.86. The van der Waals surface area contributed by atoms with Gasteiger partial charge in [0.15, 0.2) is 11.5 Å². The van der Waals surface area contributed by atoms with E-state index < -0.39 is 0 Å². The molecule has 116 valence electrons. The van der Waals surface area contributed by atoms with Crippen LogP contribution < -0.4 is 9.47 Å². The molecule has 0 aromatic heterocycles. The van der Waals surface area contributed by atoms with Crippen molar-refractivity contribution in [2.24, 2.45) is 5.92 Å². The summed E-state index contributed by atoms with van der Waals surface area (Å²) in [5.41, 5.74) is 2.62. The van der Waals surface area contributed by atoms with Crippen LogP contribution in [0.2, 0.25) is 0 Å². The fraction of sp³-hybridized carbons (Fsp3) is 0.556. The van der Waals surface area contributed by atoms with E-state index in [2.05, 4.69) is 29.2 Å². The molecule has 2 fully saturated rings. The van der Waals surface area contributed by atoms with E-state index in [0.717, 1.165) is 31.0 Å². The van der Waals surface area contributed by atoms with Crippen LogP contribution in [0.4, 0.5) is 0 Å². The number of benzene rings is 1. The summed E-state index contributed by atoms with van der Waals surface area (Å²) < 4.78 is 17.4. The lowest BCUT2D eigenvalue weighted by atomic mass is 9.77. The summed E-state index contributed by atoms with van der Waals surface area (Å²) in [7, 11) is 3.41. The van der Waals surface area contributed by atoms with Gasteiger partial charge in [-0.2, -0.15) is 0 Å². The van der Waals surface area contributed by atoms with Crippen LogP contribution in [0.25, 0.3) is 0 Å². The molecule has 5 rings (SSSR count). The molecule has 4 nitrogen and oxygen atoms in total. The number of fused-ring (bicyclic) bond motifs is 4. The van der Waals surface area contributed by atoms with Gasteiger partial charge in [0.1, 0.15) is 5.60 Å². The van der Waals surface area contributed by atoms with Crippen molar-refractivity contribution < 1.29 is 14.2 Å². The van der Waals surface area contributed by atoms with E-state index in [1.54, 1.807) is 14.2 Å². The van der Waals surface area contributed by atoms with Gasteiger partial charge in [0.05, 0.1) is 26.4 Å². The number of rotatable bonds is 2. The second-order valence-corrected chi connectivity index (χ2v) is 6.86. The van der Waals surface area contributed by atoms with Crippen LogP contribution in [0.15, 0.2) is 24.3 Å². The number of ether oxygens (including phenoxy) is 3. The Kier molecular flexibility index (Phi) is 2.52. The molecular formula is C18H21NO3. The Balaban J connectivity index is 1.67. The van der Waals surface area contributed by atoms with Crippen molar-refractivity contribution in [3.8, 4) is 11.5 Å². The van der Waals surface area contributed by atoms with Gasteiger partial charge in [-0.3, -0.25) is 4.90 Å². The monoisotopic (exact) mass is 299 g/mol. The normalized spacial score (nSPS) is 37.8. The lowest BCUT2D eigenvalue weighted by molar-refractivity contribution is -0.0148. The predicted octanol–water partition coefficient (Wildman–Crippen LogP) is 2.33. The van der Waals surface area contributed by atoms with Crippen molar-refractivity contribution in [2.45, 2.75) is 30.6 Å². The van der Waals surface area contributed by atoms with Crippen molar-refractivity contribution in [2.75, 3.05) is 27.3 Å². The molecular weight excluding hydrogens is 278 g/mol. The summed E-state index contributed by atoms with van der Waals surface area (Å²) in [4.78, 5) is 2.60. The Hall–Kier alpha value is -1.52. The minimum absolute atomic E-state index is 0.112. The van der Waals surface area contributed by atoms with Crippen LogP contribution >= 0.6 is 0 Å². The van der Waals surface area contributed by atoms with Crippen LogP contribution in [0.1, 0.15) is 23.6 Å². The molecule has 22 heavy (non-hydrogen) atoms. The minimum atomic E-state index is -0.112. The fourth-order valence-corrected chi connectivity index (χ4v) is 5.02. The standard InChI is InChI=1S/C18H21NO3/c1-20-15-7-11-4-6-19-10-12-8-13-3-5-18(12,22-13)17(19)14(11)9-16(15)21-2/h3,5,7,9,12-13,17H,4,6,8,10H2,1-2H3/t12-,13+,17-,18-/m1/s1. The summed E-state index contributed by atoms with van der Waals surface area (Å²) in [6.07, 6.45) is 7.17. The highest BCUT2D eigenvalue weighted by Crippen LogP contribution is 2.59. The van der Waals surface area contributed by atoms with Gasteiger partial charge in [0.2, 0.25) is 0 Å². The summed E-state index contributed by atoms with van der Waals surface area (Å²) in [6.45, 7) is 2.26. The van der Waals surface area contributed by atoms with Crippen LogP contribution in [-0.4, -0.2) is 43.9 Å². The molecule has 4 aliphatic heterocycles. The van der Waals surface area contributed by atoms with Crippen LogP contribution in [-0.2, 0) is 11.2 Å². The van der Waals surface area contributed by atoms with E-state index in [1.807, 2.05) is 0 Å². The number of nitrogens with zero attached hydrogens (tertiary/aromatic N) is 1. The maximum atomic E-state index is 6.42. The highest BCUT2D eigenvalue weighted by atomic mass is 16.5. The van der Waals surface area contributed by atoms with E-state index in [0.29, 0.717) is 18.1 Å². The van der Waals surface area contributed by atoms with Crippen LogP contribution in [0.3, 0.4) is 0 Å². The number of methoxy groups -OCH3 is 2. The number of hydrogen-bond acceptors (Lipinski definition) is 4. The van der Waals surface area contributed by atoms with E-state index in [9.17, 15) is 0 Å². The lowest BCUT2D eigenvalue weighted by Crippen LogP contribution is -2.41. The van der Waals surface area contributed by atoms with Gasteiger partial charge in [0, 0.05) is 19.0 Å². The molecule has 4 atom stereocenters.